The SMILES string of the molecule is Cc1cccn2c(NCc3ccccc3)c(-c3ccccc3OC(=O)C3CCCC3)nc12. The molecule has 5 rings (SSSR count). The van der Waals surface area contributed by atoms with E-state index in [1.165, 1.54) is 5.56 Å². The monoisotopic (exact) mass is 425 g/mol. The number of pyridine rings is 1. The summed E-state index contributed by atoms with van der Waals surface area (Å²) >= 11 is 0. The fourth-order valence-corrected chi connectivity index (χ4v) is 4.45. The summed E-state index contributed by atoms with van der Waals surface area (Å²) in [6.07, 6.45) is 6.04. The molecule has 2 aromatic heterocycles. The molecule has 5 nitrogen and oxygen atoms in total. The molecule has 32 heavy (non-hydrogen) atoms. The largest absolute Gasteiger partial charge is 0.426 e. The minimum atomic E-state index is -0.131. The molecule has 0 unspecified atom stereocenters. The highest BCUT2D eigenvalue weighted by Gasteiger charge is 2.26. The van der Waals surface area contributed by atoms with E-state index >= 15 is 0 Å². The van der Waals surface area contributed by atoms with Crippen molar-refractivity contribution >= 4 is 17.4 Å². The normalized spacial score (nSPS) is 14.0. The first-order valence-corrected chi connectivity index (χ1v) is 11.3. The van der Waals surface area contributed by atoms with E-state index in [0.717, 1.165) is 54.0 Å². The van der Waals surface area contributed by atoms with Gasteiger partial charge in [0, 0.05) is 18.3 Å². The third-order valence-corrected chi connectivity index (χ3v) is 6.19. The summed E-state index contributed by atoms with van der Waals surface area (Å²) in [7, 11) is 0. The molecule has 0 radical (unpaired) electrons. The first-order chi connectivity index (χ1) is 15.7. The van der Waals surface area contributed by atoms with Gasteiger partial charge >= 0.3 is 5.97 Å². The van der Waals surface area contributed by atoms with E-state index in [-0.39, 0.29) is 11.9 Å². The maximum atomic E-state index is 12.8. The standard InChI is InChI=1S/C27H27N3O2/c1-19-10-9-17-30-25(19)29-24(26(30)28-18-20-11-3-2-4-12-20)22-15-7-8-16-23(22)32-27(31)21-13-5-6-14-21/h2-4,7-12,15-17,21,28H,5-6,13-14,18H2,1H3. The van der Waals surface area contributed by atoms with Crippen LogP contribution in [0.15, 0.2) is 72.9 Å². The lowest BCUT2D eigenvalue weighted by molar-refractivity contribution is -0.138. The molecule has 1 aliphatic carbocycles. The van der Waals surface area contributed by atoms with Crippen molar-refractivity contribution in [3.05, 3.63) is 84.1 Å². The van der Waals surface area contributed by atoms with Crippen molar-refractivity contribution < 1.29 is 9.53 Å². The number of benzene rings is 2. The maximum absolute atomic E-state index is 12.8. The number of hydrogen-bond acceptors (Lipinski definition) is 4. The van der Waals surface area contributed by atoms with Gasteiger partial charge in [-0.3, -0.25) is 9.20 Å². The molecule has 1 aliphatic rings. The van der Waals surface area contributed by atoms with E-state index < -0.39 is 0 Å². The molecule has 0 bridgehead atoms. The predicted octanol–water partition coefficient (Wildman–Crippen LogP) is 6.02. The Balaban J connectivity index is 1.55. The summed E-state index contributed by atoms with van der Waals surface area (Å²) in [5, 5.41) is 3.57. The van der Waals surface area contributed by atoms with Crippen molar-refractivity contribution in [2.45, 2.75) is 39.2 Å². The molecule has 2 heterocycles. The Morgan fingerprint density at radius 1 is 1.03 bits per heavy atom. The van der Waals surface area contributed by atoms with Crippen LogP contribution in [0.1, 0.15) is 36.8 Å². The zero-order valence-electron chi connectivity index (χ0n) is 18.3. The number of nitrogens with one attached hydrogen (secondary N) is 1. The second kappa shape index (κ2) is 8.87. The average molecular weight is 426 g/mol. The van der Waals surface area contributed by atoms with Crippen LogP contribution in [0.3, 0.4) is 0 Å². The van der Waals surface area contributed by atoms with Gasteiger partial charge in [-0.25, -0.2) is 4.98 Å². The van der Waals surface area contributed by atoms with Crippen molar-refractivity contribution in [3.63, 3.8) is 0 Å². The van der Waals surface area contributed by atoms with Crippen LogP contribution in [0.2, 0.25) is 0 Å². The smallest absolute Gasteiger partial charge is 0.314 e. The van der Waals surface area contributed by atoms with Gasteiger partial charge in [-0.1, -0.05) is 61.4 Å². The van der Waals surface area contributed by atoms with Crippen molar-refractivity contribution in [1.29, 1.82) is 0 Å². The predicted molar refractivity (Wildman–Crippen MR) is 127 cm³/mol. The van der Waals surface area contributed by atoms with Crippen LogP contribution in [0.5, 0.6) is 5.75 Å². The van der Waals surface area contributed by atoms with E-state index in [2.05, 4.69) is 34.8 Å². The Labute approximate surface area is 188 Å². The Hall–Kier alpha value is -3.60. The van der Waals surface area contributed by atoms with Crippen molar-refractivity contribution in [2.24, 2.45) is 5.92 Å². The number of esters is 1. The number of fused-ring (bicyclic) bond motifs is 1. The van der Waals surface area contributed by atoms with Gasteiger partial charge in [0.2, 0.25) is 0 Å². The summed E-state index contributed by atoms with van der Waals surface area (Å²) < 4.78 is 7.98. The van der Waals surface area contributed by atoms with Gasteiger partial charge in [0.15, 0.2) is 0 Å². The Bertz CT molecular complexity index is 1240. The fraction of sp³-hybridized carbons (Fsp3) is 0.259. The summed E-state index contributed by atoms with van der Waals surface area (Å²) in [6, 6.07) is 22.1. The molecular formula is C27H27N3O2. The number of aromatic nitrogens is 2. The number of carbonyl (C=O) groups is 1. The summed E-state index contributed by atoms with van der Waals surface area (Å²) in [5.74, 6) is 1.32. The number of ether oxygens (including phenoxy) is 1. The van der Waals surface area contributed by atoms with Crippen molar-refractivity contribution in [2.75, 3.05) is 5.32 Å². The number of anilines is 1. The maximum Gasteiger partial charge on any atom is 0.314 e. The second-order valence-corrected chi connectivity index (χ2v) is 8.43. The molecule has 0 spiro atoms. The average Bonchev–Trinajstić information content (AvgIpc) is 3.48. The van der Waals surface area contributed by atoms with Gasteiger partial charge in [0.1, 0.15) is 22.9 Å². The third kappa shape index (κ3) is 3.98. The number of para-hydroxylation sites is 1. The van der Waals surface area contributed by atoms with E-state index in [9.17, 15) is 4.79 Å². The molecule has 1 fully saturated rings. The van der Waals surface area contributed by atoms with E-state index in [4.69, 9.17) is 9.72 Å². The first kappa shape index (κ1) is 20.3. The van der Waals surface area contributed by atoms with E-state index in [1.54, 1.807) is 0 Å². The van der Waals surface area contributed by atoms with Crippen LogP contribution in [-0.2, 0) is 11.3 Å². The van der Waals surface area contributed by atoms with Gasteiger partial charge in [0.25, 0.3) is 0 Å². The molecule has 0 aliphatic heterocycles. The molecule has 5 heteroatoms. The zero-order valence-corrected chi connectivity index (χ0v) is 18.3. The zero-order chi connectivity index (χ0) is 21.9. The highest BCUT2D eigenvalue weighted by atomic mass is 16.5. The van der Waals surface area contributed by atoms with Gasteiger partial charge in [-0.05, 0) is 49.1 Å². The highest BCUT2D eigenvalue weighted by molar-refractivity contribution is 5.84. The van der Waals surface area contributed by atoms with E-state index in [1.807, 2.05) is 54.7 Å². The second-order valence-electron chi connectivity index (χ2n) is 8.43. The Morgan fingerprint density at radius 2 is 1.78 bits per heavy atom. The lowest BCUT2D eigenvalue weighted by Crippen LogP contribution is -2.18. The molecular weight excluding hydrogens is 398 g/mol. The number of hydrogen-bond donors (Lipinski definition) is 1. The molecule has 0 amide bonds. The van der Waals surface area contributed by atoms with Gasteiger partial charge < -0.3 is 10.1 Å². The quantitative estimate of drug-likeness (QED) is 0.303. The summed E-state index contributed by atoms with van der Waals surface area (Å²) in [4.78, 5) is 17.7. The number of carbonyl (C=O) groups excluding carboxylic acids is 1. The lowest BCUT2D eigenvalue weighted by Gasteiger charge is -2.14. The topological polar surface area (TPSA) is 55.6 Å². The van der Waals surface area contributed by atoms with Crippen LogP contribution in [-0.4, -0.2) is 15.4 Å². The molecule has 162 valence electrons. The lowest BCUT2D eigenvalue weighted by atomic mass is 10.1. The molecule has 0 atom stereocenters. The number of aryl methyl sites for hydroxylation is 1. The highest BCUT2D eigenvalue weighted by Crippen LogP contribution is 2.37. The third-order valence-electron chi connectivity index (χ3n) is 6.19. The van der Waals surface area contributed by atoms with Crippen LogP contribution in [0.4, 0.5) is 5.82 Å². The van der Waals surface area contributed by atoms with Gasteiger partial charge in [0.05, 0.1) is 5.92 Å². The van der Waals surface area contributed by atoms with Gasteiger partial charge in [-0.15, -0.1) is 0 Å². The molecule has 4 aromatic rings. The number of rotatable bonds is 6. The number of imidazole rings is 1. The van der Waals surface area contributed by atoms with Crippen LogP contribution >= 0.6 is 0 Å². The minimum Gasteiger partial charge on any atom is -0.426 e. The van der Waals surface area contributed by atoms with E-state index in [0.29, 0.717) is 12.3 Å². The van der Waals surface area contributed by atoms with Crippen LogP contribution < -0.4 is 10.1 Å². The van der Waals surface area contributed by atoms with Crippen molar-refractivity contribution in [3.8, 4) is 17.0 Å². The molecule has 1 saturated carbocycles. The van der Waals surface area contributed by atoms with Gasteiger partial charge in [-0.2, -0.15) is 0 Å². The number of nitrogens with zero attached hydrogens (tertiary/aromatic N) is 2. The molecule has 0 saturated heterocycles. The Kier molecular flexibility index (Phi) is 5.63. The fourth-order valence-electron chi connectivity index (χ4n) is 4.45. The summed E-state index contributed by atoms with van der Waals surface area (Å²) in [5.41, 5.74) is 4.75. The minimum absolute atomic E-state index is 0.00189. The summed E-state index contributed by atoms with van der Waals surface area (Å²) in [6.45, 7) is 2.72. The van der Waals surface area contributed by atoms with Crippen molar-refractivity contribution in [1.82, 2.24) is 9.38 Å². The molecule has 1 N–H and O–H groups in total. The molecule has 2 aromatic carbocycles. The first-order valence-electron chi connectivity index (χ1n) is 11.3. The van der Waals surface area contributed by atoms with Crippen LogP contribution in [0.25, 0.3) is 16.9 Å². The van der Waals surface area contributed by atoms with Crippen LogP contribution in [0, 0.1) is 12.8 Å². The Morgan fingerprint density at radius 3 is 2.59 bits per heavy atom.